The van der Waals surface area contributed by atoms with E-state index >= 15 is 0 Å². The summed E-state index contributed by atoms with van der Waals surface area (Å²) in [4.78, 5) is 15.6. The Morgan fingerprint density at radius 3 is 2.50 bits per heavy atom. The molecule has 0 heterocycles. The third-order valence-corrected chi connectivity index (χ3v) is 2.58. The number of hydrogen-bond donors (Lipinski definition) is 2. The van der Waals surface area contributed by atoms with Crippen molar-refractivity contribution in [3.63, 3.8) is 0 Å². The molecular formula is C16H26IN3O2. The Labute approximate surface area is 149 Å². The molecule has 0 bridgehead atoms. The largest absolute Gasteiger partial charge is 0.460 e. The number of nitrogens with one attached hydrogen (secondary N) is 1. The van der Waals surface area contributed by atoms with Crippen LogP contribution in [-0.2, 0) is 16.0 Å². The number of ether oxygens (including phenoxy) is 1. The third-order valence-electron chi connectivity index (χ3n) is 2.58. The fourth-order valence-corrected chi connectivity index (χ4v) is 1.70. The molecule has 0 aliphatic rings. The number of rotatable bonds is 6. The van der Waals surface area contributed by atoms with Crippen molar-refractivity contribution < 1.29 is 9.53 Å². The molecule has 0 radical (unpaired) electrons. The minimum Gasteiger partial charge on any atom is -0.460 e. The van der Waals surface area contributed by atoms with Crippen molar-refractivity contribution >= 4 is 35.9 Å². The van der Waals surface area contributed by atoms with Gasteiger partial charge >= 0.3 is 5.97 Å². The summed E-state index contributed by atoms with van der Waals surface area (Å²) < 4.78 is 5.19. The average molecular weight is 419 g/mol. The van der Waals surface area contributed by atoms with Gasteiger partial charge in [0.1, 0.15) is 5.60 Å². The first-order valence-electron chi connectivity index (χ1n) is 7.16. The molecule has 0 aromatic heterocycles. The molecule has 124 valence electrons. The van der Waals surface area contributed by atoms with E-state index in [4.69, 9.17) is 10.5 Å². The molecule has 0 aliphatic carbocycles. The normalized spacial score (nSPS) is 11.5. The van der Waals surface area contributed by atoms with Crippen molar-refractivity contribution in [2.24, 2.45) is 10.7 Å². The smallest absolute Gasteiger partial charge is 0.308 e. The van der Waals surface area contributed by atoms with Gasteiger partial charge in [-0.2, -0.15) is 0 Å². The molecule has 3 N–H and O–H groups in total. The number of guanidine groups is 1. The lowest BCUT2D eigenvalue weighted by molar-refractivity contribution is -0.154. The van der Waals surface area contributed by atoms with Crippen molar-refractivity contribution in [3.8, 4) is 0 Å². The first-order chi connectivity index (χ1) is 9.87. The maximum absolute atomic E-state index is 11.5. The number of hydrogen-bond acceptors (Lipinski definition) is 3. The Hall–Kier alpha value is -1.31. The van der Waals surface area contributed by atoms with Crippen molar-refractivity contribution in [2.75, 3.05) is 13.1 Å². The molecule has 0 unspecified atom stereocenters. The summed E-state index contributed by atoms with van der Waals surface area (Å²) in [6, 6.07) is 10.1. The highest BCUT2D eigenvalue weighted by Gasteiger charge is 2.15. The Balaban J connectivity index is 0.00000441. The molecule has 1 rings (SSSR count). The van der Waals surface area contributed by atoms with Crippen LogP contribution in [0, 0.1) is 0 Å². The summed E-state index contributed by atoms with van der Waals surface area (Å²) in [5.74, 6) is 0.0952. The van der Waals surface area contributed by atoms with Gasteiger partial charge in [0.05, 0.1) is 13.0 Å². The molecule has 22 heavy (non-hydrogen) atoms. The fraction of sp³-hybridized carbons (Fsp3) is 0.500. The SMILES string of the molecule is CC(C)(C)OC(=O)CCN=C(N)NCCc1ccccc1.I. The molecule has 0 atom stereocenters. The molecule has 1 aromatic rings. The van der Waals surface area contributed by atoms with E-state index in [1.807, 2.05) is 39.0 Å². The van der Waals surface area contributed by atoms with E-state index in [0.717, 1.165) is 6.42 Å². The number of carbonyl (C=O) groups is 1. The van der Waals surface area contributed by atoms with Crippen molar-refractivity contribution in [2.45, 2.75) is 39.2 Å². The van der Waals surface area contributed by atoms with Crippen LogP contribution in [0.25, 0.3) is 0 Å². The highest BCUT2D eigenvalue weighted by atomic mass is 127. The first kappa shape index (κ1) is 20.7. The molecule has 5 nitrogen and oxygen atoms in total. The maximum Gasteiger partial charge on any atom is 0.308 e. The van der Waals surface area contributed by atoms with E-state index in [1.165, 1.54) is 5.56 Å². The Kier molecular flexibility index (Phi) is 9.80. The van der Waals surface area contributed by atoms with Crippen molar-refractivity contribution in [1.29, 1.82) is 0 Å². The molecule has 0 fully saturated rings. The minimum absolute atomic E-state index is 0. The van der Waals surface area contributed by atoms with Gasteiger partial charge in [-0.05, 0) is 32.8 Å². The minimum atomic E-state index is -0.458. The highest BCUT2D eigenvalue weighted by molar-refractivity contribution is 14.0. The first-order valence-corrected chi connectivity index (χ1v) is 7.16. The number of benzene rings is 1. The van der Waals surface area contributed by atoms with Crippen LogP contribution in [0.15, 0.2) is 35.3 Å². The molecule has 1 aromatic carbocycles. The van der Waals surface area contributed by atoms with E-state index < -0.39 is 5.60 Å². The molecule has 0 amide bonds. The molecule has 0 saturated heterocycles. The summed E-state index contributed by atoms with van der Waals surface area (Å²) in [7, 11) is 0. The number of esters is 1. The van der Waals surface area contributed by atoms with Gasteiger partial charge in [0.25, 0.3) is 0 Å². The van der Waals surface area contributed by atoms with Gasteiger partial charge in [-0.15, -0.1) is 24.0 Å². The predicted octanol–water partition coefficient (Wildman–Crippen LogP) is 2.48. The number of aliphatic imine (C=N–C) groups is 1. The second-order valence-corrected chi connectivity index (χ2v) is 5.77. The summed E-state index contributed by atoms with van der Waals surface area (Å²) in [5.41, 5.74) is 6.52. The molecule has 6 heteroatoms. The molecule has 0 aliphatic heterocycles. The topological polar surface area (TPSA) is 76.7 Å². The standard InChI is InChI=1S/C16H25N3O2.HI/c1-16(2,3)21-14(20)10-12-19-15(17)18-11-9-13-7-5-4-6-8-13;/h4-8H,9-12H2,1-3H3,(H3,17,18,19);1H. The zero-order valence-electron chi connectivity index (χ0n) is 13.5. The van der Waals surface area contributed by atoms with Gasteiger partial charge in [0.15, 0.2) is 5.96 Å². The van der Waals surface area contributed by atoms with Crippen LogP contribution < -0.4 is 11.1 Å². The lowest BCUT2D eigenvalue weighted by Crippen LogP contribution is -2.33. The van der Waals surface area contributed by atoms with Crippen LogP contribution in [-0.4, -0.2) is 30.6 Å². The Bertz CT molecular complexity index is 470. The van der Waals surface area contributed by atoms with Crippen LogP contribution in [0.5, 0.6) is 0 Å². The Morgan fingerprint density at radius 2 is 1.91 bits per heavy atom. The Morgan fingerprint density at radius 1 is 1.27 bits per heavy atom. The summed E-state index contributed by atoms with van der Waals surface area (Å²) in [6.07, 6.45) is 1.11. The van der Waals surface area contributed by atoms with Crippen LogP contribution >= 0.6 is 24.0 Å². The second kappa shape index (κ2) is 10.4. The lowest BCUT2D eigenvalue weighted by Gasteiger charge is -2.19. The van der Waals surface area contributed by atoms with Gasteiger partial charge in [0.2, 0.25) is 0 Å². The van der Waals surface area contributed by atoms with Crippen molar-refractivity contribution in [1.82, 2.24) is 5.32 Å². The van der Waals surface area contributed by atoms with Gasteiger partial charge < -0.3 is 15.8 Å². The van der Waals surface area contributed by atoms with Gasteiger partial charge in [0, 0.05) is 6.54 Å². The van der Waals surface area contributed by atoms with E-state index in [0.29, 0.717) is 19.0 Å². The average Bonchev–Trinajstić information content (AvgIpc) is 2.38. The van der Waals surface area contributed by atoms with E-state index in [1.54, 1.807) is 0 Å². The number of nitrogens with zero attached hydrogens (tertiary/aromatic N) is 1. The van der Waals surface area contributed by atoms with Crippen LogP contribution in [0.3, 0.4) is 0 Å². The zero-order chi connectivity index (χ0) is 15.7. The second-order valence-electron chi connectivity index (χ2n) is 5.77. The number of halogens is 1. The molecular weight excluding hydrogens is 393 g/mol. The third kappa shape index (κ3) is 10.4. The zero-order valence-corrected chi connectivity index (χ0v) is 15.8. The summed E-state index contributed by atoms with van der Waals surface area (Å²) >= 11 is 0. The van der Waals surface area contributed by atoms with Crippen LogP contribution in [0.4, 0.5) is 0 Å². The van der Waals surface area contributed by atoms with E-state index in [9.17, 15) is 4.79 Å². The van der Waals surface area contributed by atoms with Gasteiger partial charge in [-0.3, -0.25) is 9.79 Å². The van der Waals surface area contributed by atoms with E-state index in [-0.39, 0.29) is 36.4 Å². The molecule has 0 saturated carbocycles. The maximum atomic E-state index is 11.5. The van der Waals surface area contributed by atoms with Crippen LogP contribution in [0.1, 0.15) is 32.8 Å². The lowest BCUT2D eigenvalue weighted by atomic mass is 10.1. The molecule has 0 spiro atoms. The van der Waals surface area contributed by atoms with Gasteiger partial charge in [-0.1, -0.05) is 30.3 Å². The number of nitrogens with two attached hydrogens (primary N) is 1. The van der Waals surface area contributed by atoms with Gasteiger partial charge in [-0.25, -0.2) is 0 Å². The van der Waals surface area contributed by atoms with Crippen LogP contribution in [0.2, 0.25) is 0 Å². The summed E-state index contributed by atoms with van der Waals surface area (Å²) in [5, 5.41) is 3.03. The fourth-order valence-electron chi connectivity index (χ4n) is 1.70. The summed E-state index contributed by atoms with van der Waals surface area (Å²) in [6.45, 7) is 6.57. The van der Waals surface area contributed by atoms with E-state index in [2.05, 4.69) is 22.4 Å². The predicted molar refractivity (Wildman–Crippen MR) is 101 cm³/mol. The number of carbonyl (C=O) groups excluding carboxylic acids is 1. The highest BCUT2D eigenvalue weighted by Crippen LogP contribution is 2.07. The monoisotopic (exact) mass is 419 g/mol. The van der Waals surface area contributed by atoms with Crippen molar-refractivity contribution in [3.05, 3.63) is 35.9 Å². The quantitative estimate of drug-likeness (QED) is 0.322.